The molecular formula is C13H12FN3. The van der Waals surface area contributed by atoms with Crippen LogP contribution >= 0.6 is 0 Å². The molecule has 0 saturated heterocycles. The molecule has 0 aliphatic carbocycles. The summed E-state index contributed by atoms with van der Waals surface area (Å²) in [4.78, 5) is 7.24. The molecule has 0 unspecified atom stereocenters. The van der Waals surface area contributed by atoms with E-state index in [1.807, 2.05) is 12.4 Å². The number of aryl methyl sites for hydroxylation is 1. The second-order valence-electron chi connectivity index (χ2n) is 3.96. The summed E-state index contributed by atoms with van der Waals surface area (Å²) < 4.78 is 15.2. The van der Waals surface area contributed by atoms with Crippen molar-refractivity contribution < 1.29 is 4.39 Å². The average molecular weight is 229 g/mol. The lowest BCUT2D eigenvalue weighted by atomic mass is 10.1. The number of nitrogens with one attached hydrogen (secondary N) is 1. The lowest BCUT2D eigenvalue weighted by Crippen LogP contribution is -1.93. The predicted octanol–water partition coefficient (Wildman–Crippen LogP) is 3.19. The van der Waals surface area contributed by atoms with E-state index in [0.29, 0.717) is 0 Å². The van der Waals surface area contributed by atoms with Gasteiger partial charge in [-0.05, 0) is 25.1 Å². The molecule has 3 nitrogen and oxygen atoms in total. The third-order valence-electron chi connectivity index (χ3n) is 2.97. The van der Waals surface area contributed by atoms with Crippen molar-refractivity contribution in [1.82, 2.24) is 14.5 Å². The van der Waals surface area contributed by atoms with Crippen molar-refractivity contribution >= 4 is 10.9 Å². The van der Waals surface area contributed by atoms with Crippen LogP contribution in [0.3, 0.4) is 0 Å². The van der Waals surface area contributed by atoms with Gasteiger partial charge < -0.3 is 9.55 Å². The number of benzene rings is 1. The Morgan fingerprint density at radius 2 is 2.29 bits per heavy atom. The molecule has 0 spiro atoms. The van der Waals surface area contributed by atoms with Crippen LogP contribution in [0.4, 0.5) is 4.39 Å². The molecule has 0 aliphatic heterocycles. The number of H-pyrrole nitrogens is 1. The fourth-order valence-electron chi connectivity index (χ4n) is 2.11. The minimum Gasteiger partial charge on any atom is -0.360 e. The van der Waals surface area contributed by atoms with Crippen LogP contribution in [-0.2, 0) is 6.54 Å². The standard InChI is InChI=1S/C13H12FN3/c1-2-17-8-15-7-13(17)11-6-16-12-5-9(14)3-4-10(11)12/h3-8,16H,2H2,1H3. The Balaban J connectivity index is 2.24. The number of nitrogens with zero attached hydrogens (tertiary/aromatic N) is 2. The van der Waals surface area contributed by atoms with Crippen LogP contribution in [-0.4, -0.2) is 14.5 Å². The van der Waals surface area contributed by atoms with Gasteiger partial charge >= 0.3 is 0 Å². The van der Waals surface area contributed by atoms with Gasteiger partial charge in [-0.1, -0.05) is 0 Å². The molecule has 1 N–H and O–H groups in total. The summed E-state index contributed by atoms with van der Waals surface area (Å²) in [6.45, 7) is 2.93. The van der Waals surface area contributed by atoms with Gasteiger partial charge in [0.25, 0.3) is 0 Å². The first-order valence-electron chi connectivity index (χ1n) is 5.56. The summed E-state index contributed by atoms with van der Waals surface area (Å²) in [6, 6.07) is 4.78. The minimum atomic E-state index is -0.227. The van der Waals surface area contributed by atoms with E-state index >= 15 is 0 Å². The van der Waals surface area contributed by atoms with Crippen LogP contribution in [0, 0.1) is 5.82 Å². The van der Waals surface area contributed by atoms with Crippen molar-refractivity contribution in [3.8, 4) is 11.3 Å². The Hall–Kier alpha value is -2.10. The number of aromatic amines is 1. The molecule has 0 saturated carbocycles. The maximum absolute atomic E-state index is 13.1. The fraction of sp³-hybridized carbons (Fsp3) is 0.154. The highest BCUT2D eigenvalue weighted by atomic mass is 19.1. The smallest absolute Gasteiger partial charge is 0.125 e. The summed E-state index contributed by atoms with van der Waals surface area (Å²) in [7, 11) is 0. The van der Waals surface area contributed by atoms with Crippen molar-refractivity contribution in [1.29, 1.82) is 0 Å². The van der Waals surface area contributed by atoms with Gasteiger partial charge in [-0.15, -0.1) is 0 Å². The molecule has 4 heteroatoms. The Morgan fingerprint density at radius 3 is 3.12 bits per heavy atom. The summed E-state index contributed by atoms with van der Waals surface area (Å²) in [5, 5.41) is 1.02. The molecule has 3 rings (SSSR count). The maximum Gasteiger partial charge on any atom is 0.125 e. The molecule has 1 aromatic carbocycles. The number of aromatic nitrogens is 3. The maximum atomic E-state index is 13.1. The van der Waals surface area contributed by atoms with Crippen LogP contribution in [0.5, 0.6) is 0 Å². The van der Waals surface area contributed by atoms with E-state index in [1.165, 1.54) is 12.1 Å². The first kappa shape index (κ1) is 10.1. The van der Waals surface area contributed by atoms with Crippen molar-refractivity contribution in [2.24, 2.45) is 0 Å². The number of fused-ring (bicyclic) bond motifs is 1. The fourth-order valence-corrected chi connectivity index (χ4v) is 2.11. The average Bonchev–Trinajstić information content (AvgIpc) is 2.92. The minimum absolute atomic E-state index is 0.227. The summed E-state index contributed by atoms with van der Waals surface area (Å²) in [5.74, 6) is -0.227. The quantitative estimate of drug-likeness (QED) is 0.719. The van der Waals surface area contributed by atoms with Gasteiger partial charge in [0.2, 0.25) is 0 Å². The SMILES string of the molecule is CCn1cncc1-c1c[nH]c2cc(F)ccc12. The first-order chi connectivity index (χ1) is 8.29. The second kappa shape index (κ2) is 3.73. The van der Waals surface area contributed by atoms with Gasteiger partial charge in [-0.2, -0.15) is 0 Å². The topological polar surface area (TPSA) is 33.6 Å². The van der Waals surface area contributed by atoms with Gasteiger partial charge in [0.05, 0.1) is 18.2 Å². The zero-order valence-electron chi connectivity index (χ0n) is 9.44. The third kappa shape index (κ3) is 1.53. The third-order valence-corrected chi connectivity index (χ3v) is 2.97. The molecule has 2 heterocycles. The van der Waals surface area contributed by atoms with Gasteiger partial charge in [0, 0.05) is 29.2 Å². The van der Waals surface area contributed by atoms with Crippen LogP contribution in [0.2, 0.25) is 0 Å². The Labute approximate surface area is 97.9 Å². The Kier molecular flexibility index (Phi) is 2.21. The summed E-state index contributed by atoms with van der Waals surface area (Å²) >= 11 is 0. The lowest BCUT2D eigenvalue weighted by Gasteiger charge is -2.03. The van der Waals surface area contributed by atoms with Crippen molar-refractivity contribution in [3.05, 3.63) is 42.7 Å². The van der Waals surface area contributed by atoms with Crippen LogP contribution in [0.15, 0.2) is 36.9 Å². The number of hydrogen-bond donors (Lipinski definition) is 1. The normalized spacial score (nSPS) is 11.2. The first-order valence-corrected chi connectivity index (χ1v) is 5.56. The predicted molar refractivity (Wildman–Crippen MR) is 65.2 cm³/mol. The van der Waals surface area contributed by atoms with Crippen LogP contribution in [0.25, 0.3) is 22.2 Å². The molecular weight excluding hydrogens is 217 g/mol. The van der Waals surface area contributed by atoms with Gasteiger partial charge in [-0.3, -0.25) is 0 Å². The van der Waals surface area contributed by atoms with E-state index < -0.39 is 0 Å². The molecule has 0 atom stereocenters. The van der Waals surface area contributed by atoms with E-state index in [1.54, 1.807) is 12.4 Å². The lowest BCUT2D eigenvalue weighted by molar-refractivity contribution is 0.629. The van der Waals surface area contributed by atoms with Crippen molar-refractivity contribution in [2.45, 2.75) is 13.5 Å². The molecule has 0 fully saturated rings. The van der Waals surface area contributed by atoms with E-state index in [4.69, 9.17) is 0 Å². The number of halogens is 1. The largest absolute Gasteiger partial charge is 0.360 e. The number of imidazole rings is 1. The molecule has 2 aromatic heterocycles. The van der Waals surface area contributed by atoms with E-state index in [9.17, 15) is 4.39 Å². The summed E-state index contributed by atoms with van der Waals surface area (Å²) in [6.07, 6.45) is 5.53. The molecule has 17 heavy (non-hydrogen) atoms. The number of rotatable bonds is 2. The highest BCUT2D eigenvalue weighted by Crippen LogP contribution is 2.28. The van der Waals surface area contributed by atoms with Crippen LogP contribution in [0.1, 0.15) is 6.92 Å². The highest BCUT2D eigenvalue weighted by Gasteiger charge is 2.10. The Bertz CT molecular complexity index is 666. The molecule has 3 aromatic rings. The summed E-state index contributed by atoms with van der Waals surface area (Å²) in [5.41, 5.74) is 2.91. The molecule has 0 bridgehead atoms. The molecule has 86 valence electrons. The van der Waals surface area contributed by atoms with Crippen molar-refractivity contribution in [3.63, 3.8) is 0 Å². The zero-order valence-corrected chi connectivity index (χ0v) is 9.44. The highest BCUT2D eigenvalue weighted by molar-refractivity contribution is 5.94. The van der Waals surface area contributed by atoms with Crippen LogP contribution < -0.4 is 0 Å². The molecule has 0 amide bonds. The van der Waals surface area contributed by atoms with Gasteiger partial charge in [0.15, 0.2) is 0 Å². The monoisotopic (exact) mass is 229 g/mol. The van der Waals surface area contributed by atoms with E-state index in [0.717, 1.165) is 28.7 Å². The van der Waals surface area contributed by atoms with Gasteiger partial charge in [-0.25, -0.2) is 9.37 Å². The molecule has 0 radical (unpaired) electrons. The van der Waals surface area contributed by atoms with E-state index in [-0.39, 0.29) is 5.82 Å². The zero-order chi connectivity index (χ0) is 11.8. The van der Waals surface area contributed by atoms with Crippen molar-refractivity contribution in [2.75, 3.05) is 0 Å². The van der Waals surface area contributed by atoms with E-state index in [2.05, 4.69) is 21.5 Å². The molecule has 0 aliphatic rings. The Morgan fingerprint density at radius 1 is 1.41 bits per heavy atom. The van der Waals surface area contributed by atoms with Gasteiger partial charge in [0.1, 0.15) is 5.82 Å². The number of hydrogen-bond acceptors (Lipinski definition) is 1. The second-order valence-corrected chi connectivity index (χ2v) is 3.96.